The summed E-state index contributed by atoms with van der Waals surface area (Å²) in [5, 5.41) is 18.6. The molecule has 4 heteroatoms. The van der Waals surface area contributed by atoms with Crippen LogP contribution in [0.3, 0.4) is 0 Å². The van der Waals surface area contributed by atoms with Crippen LogP contribution in [0.25, 0.3) is 0 Å². The van der Waals surface area contributed by atoms with Gasteiger partial charge < -0.3 is 10.2 Å². The minimum Gasteiger partial charge on any atom is -0.393 e. The molecule has 0 heterocycles. The molecule has 2 rings (SSSR count). The molecule has 64 valence electrons. The third kappa shape index (κ3) is 1.08. The van der Waals surface area contributed by atoms with Crippen LogP contribution >= 0.6 is 23.2 Å². The zero-order chi connectivity index (χ0) is 8.22. The fourth-order valence-corrected chi connectivity index (χ4v) is 2.98. The van der Waals surface area contributed by atoms with Gasteiger partial charge in [0.25, 0.3) is 0 Å². The van der Waals surface area contributed by atoms with Crippen molar-refractivity contribution in [2.75, 3.05) is 0 Å². The largest absolute Gasteiger partial charge is 0.393 e. The molecule has 2 fully saturated rings. The molecule has 2 saturated carbocycles. The Bertz CT molecular complexity index is 183. The maximum absolute atomic E-state index is 9.40. The van der Waals surface area contributed by atoms with Gasteiger partial charge in [-0.2, -0.15) is 0 Å². The lowest BCUT2D eigenvalue weighted by Gasteiger charge is -2.19. The van der Waals surface area contributed by atoms with Gasteiger partial charge in [0.2, 0.25) is 0 Å². The van der Waals surface area contributed by atoms with E-state index in [0.717, 1.165) is 0 Å². The number of halogens is 2. The van der Waals surface area contributed by atoms with E-state index in [-0.39, 0.29) is 11.8 Å². The highest BCUT2D eigenvalue weighted by molar-refractivity contribution is 6.51. The lowest BCUT2D eigenvalue weighted by Crippen LogP contribution is -2.25. The molecule has 0 aliphatic heterocycles. The number of hydrogen-bond acceptors (Lipinski definition) is 2. The van der Waals surface area contributed by atoms with Gasteiger partial charge in [0, 0.05) is 11.8 Å². The van der Waals surface area contributed by atoms with Crippen LogP contribution in [0.5, 0.6) is 0 Å². The highest BCUT2D eigenvalue weighted by atomic mass is 35.5. The molecule has 2 aliphatic carbocycles. The topological polar surface area (TPSA) is 40.5 Å². The third-order valence-electron chi connectivity index (χ3n) is 2.72. The zero-order valence-electron chi connectivity index (χ0n) is 5.87. The summed E-state index contributed by atoms with van der Waals surface area (Å²) in [5.41, 5.74) is 0. The van der Waals surface area contributed by atoms with Crippen molar-refractivity contribution in [3.05, 3.63) is 0 Å². The van der Waals surface area contributed by atoms with Gasteiger partial charge in [-0.3, -0.25) is 0 Å². The van der Waals surface area contributed by atoms with E-state index in [2.05, 4.69) is 0 Å². The Morgan fingerprint density at radius 2 is 1.82 bits per heavy atom. The van der Waals surface area contributed by atoms with Crippen LogP contribution in [-0.4, -0.2) is 26.8 Å². The van der Waals surface area contributed by atoms with Crippen LogP contribution in [0, 0.1) is 11.8 Å². The molecule has 11 heavy (non-hydrogen) atoms. The van der Waals surface area contributed by atoms with Gasteiger partial charge in [-0.05, 0) is 12.8 Å². The van der Waals surface area contributed by atoms with Crippen LogP contribution < -0.4 is 0 Å². The Hall–Kier alpha value is 0.500. The summed E-state index contributed by atoms with van der Waals surface area (Å²) in [6.07, 6.45) is 0.112. The van der Waals surface area contributed by atoms with Crippen molar-refractivity contribution in [1.29, 1.82) is 0 Å². The van der Waals surface area contributed by atoms with E-state index in [0.29, 0.717) is 12.8 Å². The Morgan fingerprint density at radius 3 is 2.36 bits per heavy atom. The summed E-state index contributed by atoms with van der Waals surface area (Å²) >= 11 is 11.7. The third-order valence-corrected chi connectivity index (χ3v) is 3.78. The van der Waals surface area contributed by atoms with Crippen molar-refractivity contribution >= 4 is 23.2 Å². The standard InChI is InChI=1S/C7H10Cl2O2/c8-7(9)4-1-3(10)2-5(11)6(4)7/h3-6,10-11H,1-2H2/t3-,4+,5+,6+/m1/s1. The number of aliphatic hydroxyl groups excluding tert-OH is 2. The Labute approximate surface area is 75.1 Å². The van der Waals surface area contributed by atoms with E-state index < -0.39 is 16.5 Å². The number of hydrogen-bond donors (Lipinski definition) is 2. The maximum atomic E-state index is 9.40. The number of fused-ring (bicyclic) bond motifs is 1. The molecule has 0 aromatic carbocycles. The SMILES string of the molecule is O[C@H]1C[C@H](O)[C@@H]2[C@H](C1)C2(Cl)Cl. The zero-order valence-corrected chi connectivity index (χ0v) is 7.39. The number of aliphatic hydroxyl groups is 2. The normalized spacial score (nSPS) is 53.5. The average molecular weight is 197 g/mol. The van der Waals surface area contributed by atoms with E-state index >= 15 is 0 Å². The van der Waals surface area contributed by atoms with E-state index in [1.165, 1.54) is 0 Å². The summed E-state index contributed by atoms with van der Waals surface area (Å²) in [7, 11) is 0. The second-order valence-electron chi connectivity index (χ2n) is 3.50. The van der Waals surface area contributed by atoms with Gasteiger partial charge in [-0.15, -0.1) is 23.2 Å². The number of alkyl halides is 2. The lowest BCUT2D eigenvalue weighted by molar-refractivity contribution is 0.0329. The molecule has 0 spiro atoms. The molecular formula is C7H10Cl2O2. The molecule has 0 aromatic rings. The van der Waals surface area contributed by atoms with Crippen LogP contribution in [0.2, 0.25) is 0 Å². The van der Waals surface area contributed by atoms with E-state index in [1.807, 2.05) is 0 Å². The van der Waals surface area contributed by atoms with Crippen molar-refractivity contribution in [2.45, 2.75) is 29.4 Å². The Kier molecular flexibility index (Phi) is 1.66. The molecule has 2 aliphatic rings. The molecule has 0 bridgehead atoms. The summed E-state index contributed by atoms with van der Waals surface area (Å²) in [4.78, 5) is 0. The molecule has 2 nitrogen and oxygen atoms in total. The first-order valence-corrected chi connectivity index (χ1v) is 4.53. The fourth-order valence-electron chi connectivity index (χ4n) is 2.06. The minimum absolute atomic E-state index is 0.00534. The van der Waals surface area contributed by atoms with Crippen molar-refractivity contribution in [3.63, 3.8) is 0 Å². The average Bonchev–Trinajstić information content (AvgIpc) is 2.34. The predicted molar refractivity (Wildman–Crippen MR) is 42.7 cm³/mol. The quantitative estimate of drug-likeness (QED) is 0.567. The minimum atomic E-state index is -0.767. The van der Waals surface area contributed by atoms with Gasteiger partial charge in [0.05, 0.1) is 12.2 Å². The van der Waals surface area contributed by atoms with Crippen molar-refractivity contribution < 1.29 is 10.2 Å². The summed E-state index contributed by atoms with van der Waals surface area (Å²) in [6, 6.07) is 0. The van der Waals surface area contributed by atoms with Gasteiger partial charge in [0.1, 0.15) is 4.33 Å². The Morgan fingerprint density at radius 1 is 1.18 bits per heavy atom. The van der Waals surface area contributed by atoms with Gasteiger partial charge in [-0.25, -0.2) is 0 Å². The maximum Gasteiger partial charge on any atom is 0.127 e. The first kappa shape index (κ1) is 8.11. The van der Waals surface area contributed by atoms with Crippen LogP contribution in [0.15, 0.2) is 0 Å². The molecule has 0 saturated heterocycles. The van der Waals surface area contributed by atoms with Crippen LogP contribution in [0.4, 0.5) is 0 Å². The fraction of sp³-hybridized carbons (Fsp3) is 1.00. The lowest BCUT2D eigenvalue weighted by atomic mass is 9.95. The summed E-state index contributed by atoms with van der Waals surface area (Å²) < 4.78 is -0.767. The molecule has 0 amide bonds. The van der Waals surface area contributed by atoms with Gasteiger partial charge in [0.15, 0.2) is 0 Å². The molecule has 2 N–H and O–H groups in total. The monoisotopic (exact) mass is 196 g/mol. The summed E-state index contributed by atoms with van der Waals surface area (Å²) in [6.45, 7) is 0. The van der Waals surface area contributed by atoms with E-state index in [4.69, 9.17) is 23.2 Å². The first-order valence-electron chi connectivity index (χ1n) is 3.77. The highest BCUT2D eigenvalue weighted by Gasteiger charge is 2.67. The highest BCUT2D eigenvalue weighted by Crippen LogP contribution is 2.65. The molecular weight excluding hydrogens is 187 g/mol. The first-order chi connectivity index (χ1) is 5.03. The van der Waals surface area contributed by atoms with E-state index in [1.54, 1.807) is 0 Å². The molecule has 4 atom stereocenters. The van der Waals surface area contributed by atoms with Crippen molar-refractivity contribution in [1.82, 2.24) is 0 Å². The second kappa shape index (κ2) is 2.25. The smallest absolute Gasteiger partial charge is 0.127 e. The van der Waals surface area contributed by atoms with Crippen molar-refractivity contribution in [2.24, 2.45) is 11.8 Å². The molecule has 0 aromatic heterocycles. The van der Waals surface area contributed by atoms with Crippen molar-refractivity contribution in [3.8, 4) is 0 Å². The van der Waals surface area contributed by atoms with Gasteiger partial charge >= 0.3 is 0 Å². The Balaban J connectivity index is 2.11. The summed E-state index contributed by atoms with van der Waals surface area (Å²) in [5.74, 6) is 0.0961. The van der Waals surface area contributed by atoms with Crippen LogP contribution in [-0.2, 0) is 0 Å². The molecule has 0 unspecified atom stereocenters. The number of rotatable bonds is 0. The van der Waals surface area contributed by atoms with Crippen LogP contribution in [0.1, 0.15) is 12.8 Å². The molecule has 0 radical (unpaired) electrons. The predicted octanol–water partition coefficient (Wildman–Crippen LogP) is 0.922. The second-order valence-corrected chi connectivity index (χ2v) is 4.94. The van der Waals surface area contributed by atoms with Gasteiger partial charge in [-0.1, -0.05) is 0 Å². The van der Waals surface area contributed by atoms with E-state index in [9.17, 15) is 10.2 Å².